The molecule has 0 fully saturated rings. The van der Waals surface area contributed by atoms with Crippen molar-refractivity contribution in [1.82, 2.24) is 4.90 Å². The lowest BCUT2D eigenvalue weighted by Crippen LogP contribution is -2.19. The topological polar surface area (TPSA) is 63.2 Å². The Kier molecular flexibility index (Phi) is 3.60. The molecule has 3 aliphatic rings. The molecule has 2 aromatic rings. The maximum atomic E-state index is 12.5. The number of anilines is 1. The summed E-state index contributed by atoms with van der Waals surface area (Å²) in [5.74, 6) is 1.08. The van der Waals surface area contributed by atoms with Crippen LogP contribution in [-0.2, 0) is 0 Å². The van der Waals surface area contributed by atoms with E-state index in [-0.39, 0.29) is 12.7 Å². The summed E-state index contributed by atoms with van der Waals surface area (Å²) in [4.78, 5) is 19.2. The van der Waals surface area contributed by atoms with Crippen LogP contribution < -0.4 is 14.8 Å². The molecule has 0 atom stereocenters. The number of nitrogens with one attached hydrogen (secondary N) is 1. The molecule has 1 N–H and O–H groups in total. The Morgan fingerprint density at radius 3 is 2.85 bits per heavy atom. The van der Waals surface area contributed by atoms with E-state index < -0.39 is 0 Å². The zero-order valence-electron chi connectivity index (χ0n) is 13.8. The first-order chi connectivity index (χ1) is 12.8. The highest BCUT2D eigenvalue weighted by Crippen LogP contribution is 2.36. The van der Waals surface area contributed by atoms with Crippen LogP contribution in [0.3, 0.4) is 0 Å². The maximum absolute atomic E-state index is 12.5. The molecule has 0 radical (unpaired) electrons. The normalized spacial score (nSPS) is 17.0. The zero-order chi connectivity index (χ0) is 17.5. The Labute approximate surface area is 154 Å². The van der Waals surface area contributed by atoms with Crippen LogP contribution >= 0.6 is 11.8 Å². The fourth-order valence-electron chi connectivity index (χ4n) is 3.11. The summed E-state index contributed by atoms with van der Waals surface area (Å²) in [6.45, 7) is 1.97. The first kappa shape index (κ1) is 15.3. The number of hydrogen-bond donors (Lipinski definition) is 1. The first-order valence-corrected chi connectivity index (χ1v) is 9.16. The van der Waals surface area contributed by atoms with Gasteiger partial charge in [-0.2, -0.15) is 0 Å². The van der Waals surface area contributed by atoms with E-state index in [1.807, 2.05) is 24.3 Å². The quantitative estimate of drug-likeness (QED) is 0.903. The minimum atomic E-state index is -0.180. The Morgan fingerprint density at radius 2 is 1.96 bits per heavy atom. The third kappa shape index (κ3) is 2.61. The van der Waals surface area contributed by atoms with Gasteiger partial charge in [0.2, 0.25) is 6.79 Å². The summed E-state index contributed by atoms with van der Waals surface area (Å²) < 4.78 is 10.6. The largest absolute Gasteiger partial charge is 0.454 e. The summed E-state index contributed by atoms with van der Waals surface area (Å²) in [6, 6.07) is 13.0. The van der Waals surface area contributed by atoms with Crippen molar-refractivity contribution in [3.63, 3.8) is 0 Å². The van der Waals surface area contributed by atoms with Crippen LogP contribution in [-0.4, -0.2) is 35.9 Å². The molecule has 0 saturated carbocycles. The van der Waals surface area contributed by atoms with Crippen molar-refractivity contribution in [2.75, 3.05) is 25.2 Å². The van der Waals surface area contributed by atoms with Crippen molar-refractivity contribution < 1.29 is 14.3 Å². The van der Waals surface area contributed by atoms with E-state index in [1.165, 1.54) is 5.70 Å². The minimum Gasteiger partial charge on any atom is -0.454 e. The smallest absolute Gasteiger partial charge is 0.255 e. The second-order valence-electron chi connectivity index (χ2n) is 6.04. The van der Waals surface area contributed by atoms with Crippen LogP contribution in [0.2, 0.25) is 0 Å². The lowest BCUT2D eigenvalue weighted by atomic mass is 10.1. The SMILES string of the molecule is O=C(Nc1ccc(C2=CSC3=NCCN23)cc1)c1ccc2c(c1)OCO2. The third-order valence-electron chi connectivity index (χ3n) is 4.44. The van der Waals surface area contributed by atoms with Gasteiger partial charge in [0.15, 0.2) is 16.7 Å². The molecule has 0 spiro atoms. The highest BCUT2D eigenvalue weighted by Gasteiger charge is 2.27. The number of carbonyl (C=O) groups excluding carboxylic acids is 1. The van der Waals surface area contributed by atoms with E-state index in [9.17, 15) is 4.79 Å². The summed E-state index contributed by atoms with van der Waals surface area (Å²) in [7, 11) is 0. The van der Waals surface area contributed by atoms with Crippen molar-refractivity contribution >= 4 is 34.2 Å². The molecule has 0 bridgehead atoms. The minimum absolute atomic E-state index is 0.180. The average molecular weight is 365 g/mol. The molecule has 7 heteroatoms. The van der Waals surface area contributed by atoms with Gasteiger partial charge in [-0.1, -0.05) is 23.9 Å². The second kappa shape index (κ2) is 6.10. The summed E-state index contributed by atoms with van der Waals surface area (Å²) in [6.07, 6.45) is 0. The van der Waals surface area contributed by atoms with Gasteiger partial charge in [-0.15, -0.1) is 0 Å². The number of carbonyl (C=O) groups is 1. The van der Waals surface area contributed by atoms with Crippen molar-refractivity contribution in [1.29, 1.82) is 0 Å². The van der Waals surface area contributed by atoms with Gasteiger partial charge in [0, 0.05) is 23.2 Å². The highest BCUT2D eigenvalue weighted by atomic mass is 32.2. The van der Waals surface area contributed by atoms with Crippen LogP contribution in [0, 0.1) is 0 Å². The monoisotopic (exact) mass is 365 g/mol. The number of nitrogens with zero attached hydrogens (tertiary/aromatic N) is 2. The van der Waals surface area contributed by atoms with Gasteiger partial charge in [0.1, 0.15) is 0 Å². The predicted octanol–water partition coefficient (Wildman–Crippen LogP) is 3.38. The molecule has 2 aromatic carbocycles. The number of ether oxygens (including phenoxy) is 2. The molecular formula is C19H15N3O3S. The van der Waals surface area contributed by atoms with E-state index in [1.54, 1.807) is 30.0 Å². The molecule has 6 nitrogen and oxygen atoms in total. The Bertz CT molecular complexity index is 953. The van der Waals surface area contributed by atoms with Crippen LogP contribution in [0.4, 0.5) is 5.69 Å². The number of hydrogen-bond acceptors (Lipinski definition) is 6. The van der Waals surface area contributed by atoms with Crippen molar-refractivity contribution in [2.45, 2.75) is 0 Å². The second-order valence-corrected chi connectivity index (χ2v) is 6.87. The molecule has 0 saturated heterocycles. The van der Waals surface area contributed by atoms with Gasteiger partial charge in [-0.05, 0) is 35.9 Å². The van der Waals surface area contributed by atoms with Crippen molar-refractivity contribution in [2.24, 2.45) is 4.99 Å². The fourth-order valence-corrected chi connectivity index (χ4v) is 4.08. The van der Waals surface area contributed by atoms with Crippen molar-refractivity contribution in [3.05, 3.63) is 59.0 Å². The molecule has 1 amide bonds. The van der Waals surface area contributed by atoms with Crippen LogP contribution in [0.1, 0.15) is 15.9 Å². The molecule has 5 rings (SSSR count). The first-order valence-electron chi connectivity index (χ1n) is 8.28. The Balaban J connectivity index is 1.31. The molecule has 3 heterocycles. The molecular weight excluding hydrogens is 350 g/mol. The fraction of sp³-hybridized carbons (Fsp3) is 0.158. The molecule has 0 aliphatic carbocycles. The van der Waals surface area contributed by atoms with Gasteiger partial charge in [-0.3, -0.25) is 9.79 Å². The van der Waals surface area contributed by atoms with Crippen molar-refractivity contribution in [3.8, 4) is 11.5 Å². The van der Waals surface area contributed by atoms with E-state index in [0.29, 0.717) is 17.1 Å². The van der Waals surface area contributed by atoms with Crippen LogP contribution in [0.5, 0.6) is 11.5 Å². The lowest BCUT2D eigenvalue weighted by molar-refractivity contribution is 0.102. The van der Waals surface area contributed by atoms with Gasteiger partial charge < -0.3 is 19.7 Å². The van der Waals surface area contributed by atoms with E-state index in [2.05, 4.69) is 20.6 Å². The number of thioether (sulfide) groups is 1. The van der Waals surface area contributed by atoms with Crippen LogP contribution in [0.15, 0.2) is 52.9 Å². The van der Waals surface area contributed by atoms with E-state index in [0.717, 1.165) is 29.5 Å². The number of rotatable bonds is 3. The standard InChI is InChI=1S/C19H15N3O3S/c23-18(13-3-6-16-17(9-13)25-11-24-16)21-14-4-1-12(2-5-14)15-10-26-19-20-7-8-22(15)19/h1-6,9-10H,7-8,11H2,(H,21,23). The van der Waals surface area contributed by atoms with E-state index in [4.69, 9.17) is 9.47 Å². The lowest BCUT2D eigenvalue weighted by Gasteiger charge is -2.16. The van der Waals surface area contributed by atoms with Gasteiger partial charge in [-0.25, -0.2) is 0 Å². The number of benzene rings is 2. The average Bonchev–Trinajstić information content (AvgIpc) is 3.38. The third-order valence-corrected chi connectivity index (χ3v) is 5.34. The Hall–Kier alpha value is -2.93. The zero-order valence-corrected chi connectivity index (χ0v) is 14.6. The number of amidine groups is 1. The van der Waals surface area contributed by atoms with Gasteiger partial charge in [0.25, 0.3) is 5.91 Å². The predicted molar refractivity (Wildman–Crippen MR) is 102 cm³/mol. The molecule has 0 aromatic heterocycles. The molecule has 130 valence electrons. The summed E-state index contributed by atoms with van der Waals surface area (Å²) >= 11 is 1.66. The van der Waals surface area contributed by atoms with Gasteiger partial charge >= 0.3 is 0 Å². The number of amides is 1. The maximum Gasteiger partial charge on any atom is 0.255 e. The highest BCUT2D eigenvalue weighted by molar-refractivity contribution is 8.16. The van der Waals surface area contributed by atoms with E-state index >= 15 is 0 Å². The van der Waals surface area contributed by atoms with Crippen LogP contribution in [0.25, 0.3) is 5.70 Å². The molecule has 26 heavy (non-hydrogen) atoms. The molecule has 0 unspecified atom stereocenters. The Morgan fingerprint density at radius 1 is 1.12 bits per heavy atom. The number of aliphatic imine (C=N–C) groups is 1. The van der Waals surface area contributed by atoms with Gasteiger partial charge in [0.05, 0.1) is 12.2 Å². The summed E-state index contributed by atoms with van der Waals surface area (Å²) in [5, 5.41) is 6.11. The number of fused-ring (bicyclic) bond motifs is 2. The molecule has 3 aliphatic heterocycles. The summed E-state index contributed by atoms with van der Waals surface area (Å²) in [5.41, 5.74) is 3.56.